The molecule has 11 heavy (non-hydrogen) atoms. The van der Waals surface area contributed by atoms with Crippen molar-refractivity contribution >= 4 is 0 Å². The average molecular weight is 154 g/mol. The van der Waals surface area contributed by atoms with Crippen molar-refractivity contribution in [3.8, 4) is 0 Å². The second-order valence-corrected chi connectivity index (χ2v) is 3.77. The summed E-state index contributed by atoms with van der Waals surface area (Å²) in [6.45, 7) is 14.7. The van der Waals surface area contributed by atoms with Crippen molar-refractivity contribution in [2.24, 2.45) is 0 Å². The molecule has 0 fully saturated rings. The molecule has 0 saturated heterocycles. The van der Waals surface area contributed by atoms with Gasteiger partial charge in [-0.25, -0.2) is 6.57 Å². The summed E-state index contributed by atoms with van der Waals surface area (Å²) in [5.41, 5.74) is 0.220. The second-order valence-electron chi connectivity index (χ2n) is 3.77. The van der Waals surface area contributed by atoms with Crippen LogP contribution in [0.2, 0.25) is 0 Å². The molecule has 64 valence electrons. The third-order valence-corrected chi connectivity index (χ3v) is 1.35. The zero-order chi connectivity index (χ0) is 8.74. The van der Waals surface area contributed by atoms with Crippen molar-refractivity contribution in [2.75, 3.05) is 13.1 Å². The van der Waals surface area contributed by atoms with Crippen molar-refractivity contribution in [2.45, 2.75) is 39.2 Å². The molecule has 0 spiro atoms. The van der Waals surface area contributed by atoms with E-state index in [0.717, 1.165) is 19.4 Å². The van der Waals surface area contributed by atoms with Gasteiger partial charge in [0, 0.05) is 12.0 Å². The smallest absolute Gasteiger partial charge is 0.214 e. The molecule has 1 N–H and O–H groups in total. The van der Waals surface area contributed by atoms with Crippen molar-refractivity contribution in [3.05, 3.63) is 11.4 Å². The van der Waals surface area contributed by atoms with Crippen LogP contribution in [0.4, 0.5) is 0 Å². The van der Waals surface area contributed by atoms with E-state index in [1.807, 2.05) is 0 Å². The van der Waals surface area contributed by atoms with Gasteiger partial charge in [0.15, 0.2) is 0 Å². The van der Waals surface area contributed by atoms with E-state index in [-0.39, 0.29) is 5.54 Å². The second kappa shape index (κ2) is 5.15. The average Bonchev–Trinajstić information content (AvgIpc) is 1.85. The summed E-state index contributed by atoms with van der Waals surface area (Å²) in [6.07, 6.45) is 2.13. The molecule has 0 bridgehead atoms. The van der Waals surface area contributed by atoms with E-state index in [9.17, 15) is 0 Å². The van der Waals surface area contributed by atoms with E-state index in [1.165, 1.54) is 0 Å². The van der Waals surface area contributed by atoms with Gasteiger partial charge in [-0.2, -0.15) is 0 Å². The highest BCUT2D eigenvalue weighted by Gasteiger charge is 2.06. The summed E-state index contributed by atoms with van der Waals surface area (Å²) in [5, 5.41) is 3.38. The Morgan fingerprint density at radius 2 is 1.91 bits per heavy atom. The van der Waals surface area contributed by atoms with Crippen LogP contribution in [0.15, 0.2) is 0 Å². The molecular weight excluding hydrogens is 136 g/mol. The van der Waals surface area contributed by atoms with Crippen LogP contribution in [0, 0.1) is 6.57 Å². The predicted octanol–water partition coefficient (Wildman–Crippen LogP) is 2.07. The van der Waals surface area contributed by atoms with Gasteiger partial charge in [0.05, 0.1) is 0 Å². The van der Waals surface area contributed by atoms with E-state index in [2.05, 4.69) is 30.9 Å². The van der Waals surface area contributed by atoms with Gasteiger partial charge < -0.3 is 10.2 Å². The molecule has 2 nitrogen and oxygen atoms in total. The van der Waals surface area contributed by atoms with Gasteiger partial charge in [-0.15, -0.1) is 0 Å². The van der Waals surface area contributed by atoms with Crippen LogP contribution in [0.25, 0.3) is 4.85 Å². The Balaban J connectivity index is 3.10. The van der Waals surface area contributed by atoms with Gasteiger partial charge in [0.25, 0.3) is 0 Å². The molecule has 0 aliphatic heterocycles. The summed E-state index contributed by atoms with van der Waals surface area (Å²) in [6, 6.07) is 0. The number of hydrogen-bond acceptors (Lipinski definition) is 1. The van der Waals surface area contributed by atoms with Gasteiger partial charge in [-0.05, 0) is 33.7 Å². The standard InChI is InChI=1S/C9H18N2/c1-9(2,3)11-8-6-5-7-10-4/h11H,5-8H2,1-3H3. The quantitative estimate of drug-likeness (QED) is 0.484. The number of rotatable bonds is 4. The van der Waals surface area contributed by atoms with Crippen LogP contribution >= 0.6 is 0 Å². The first-order valence-electron chi connectivity index (χ1n) is 4.14. The number of nitrogens with zero attached hydrogens (tertiary/aromatic N) is 1. The lowest BCUT2D eigenvalue weighted by molar-refractivity contribution is 0.420. The topological polar surface area (TPSA) is 16.4 Å². The minimum atomic E-state index is 0.220. The summed E-state index contributed by atoms with van der Waals surface area (Å²) in [5.74, 6) is 0. The van der Waals surface area contributed by atoms with Crippen LogP contribution < -0.4 is 5.32 Å². The molecule has 0 amide bonds. The minimum Gasteiger partial charge on any atom is -0.317 e. The third kappa shape index (κ3) is 9.45. The number of nitrogens with one attached hydrogen (secondary N) is 1. The Morgan fingerprint density at radius 3 is 2.36 bits per heavy atom. The SMILES string of the molecule is [C-]#[N+]CCCCNC(C)(C)C. The van der Waals surface area contributed by atoms with Crippen LogP contribution in [0.1, 0.15) is 33.6 Å². The largest absolute Gasteiger partial charge is 0.317 e. The lowest BCUT2D eigenvalue weighted by Crippen LogP contribution is -2.36. The maximum atomic E-state index is 6.57. The predicted molar refractivity (Wildman–Crippen MR) is 48.5 cm³/mol. The molecule has 2 heteroatoms. The van der Waals surface area contributed by atoms with E-state index < -0.39 is 0 Å². The molecule has 0 radical (unpaired) electrons. The van der Waals surface area contributed by atoms with Crippen LogP contribution in [0.5, 0.6) is 0 Å². The Kier molecular flexibility index (Phi) is 4.89. The first kappa shape index (κ1) is 10.4. The van der Waals surface area contributed by atoms with Gasteiger partial charge >= 0.3 is 0 Å². The molecule has 0 saturated carbocycles. The summed E-state index contributed by atoms with van der Waals surface area (Å²) < 4.78 is 0. The number of unbranched alkanes of at least 4 members (excludes halogenated alkanes) is 1. The fourth-order valence-electron chi connectivity index (χ4n) is 0.779. The van der Waals surface area contributed by atoms with E-state index in [4.69, 9.17) is 6.57 Å². The molecule has 0 aliphatic carbocycles. The molecule has 0 heterocycles. The minimum absolute atomic E-state index is 0.220. The van der Waals surface area contributed by atoms with E-state index >= 15 is 0 Å². The Morgan fingerprint density at radius 1 is 1.27 bits per heavy atom. The maximum absolute atomic E-state index is 6.57. The first-order valence-corrected chi connectivity index (χ1v) is 4.14. The highest BCUT2D eigenvalue weighted by Crippen LogP contribution is 1.98. The van der Waals surface area contributed by atoms with Crippen LogP contribution in [0.3, 0.4) is 0 Å². The molecule has 0 aliphatic rings. The van der Waals surface area contributed by atoms with Gasteiger partial charge in [-0.1, -0.05) is 0 Å². The maximum Gasteiger partial charge on any atom is 0.214 e. The number of hydrogen-bond donors (Lipinski definition) is 1. The molecule has 0 aromatic heterocycles. The van der Waals surface area contributed by atoms with Crippen molar-refractivity contribution in [1.82, 2.24) is 5.32 Å². The first-order chi connectivity index (χ1) is 5.06. The fourth-order valence-corrected chi connectivity index (χ4v) is 0.779. The Hall–Kier alpha value is -0.550. The zero-order valence-corrected chi connectivity index (χ0v) is 7.78. The van der Waals surface area contributed by atoms with Crippen LogP contribution in [-0.4, -0.2) is 18.6 Å². The highest BCUT2D eigenvalue weighted by atomic mass is 14.9. The van der Waals surface area contributed by atoms with Crippen molar-refractivity contribution in [1.29, 1.82) is 0 Å². The Bertz CT molecular complexity index is 127. The molecular formula is C9H18N2. The van der Waals surface area contributed by atoms with Gasteiger partial charge in [0.1, 0.15) is 0 Å². The normalized spacial score (nSPS) is 11.1. The van der Waals surface area contributed by atoms with E-state index in [0.29, 0.717) is 6.54 Å². The van der Waals surface area contributed by atoms with Gasteiger partial charge in [-0.3, -0.25) is 0 Å². The molecule has 0 unspecified atom stereocenters. The van der Waals surface area contributed by atoms with Crippen molar-refractivity contribution in [3.63, 3.8) is 0 Å². The summed E-state index contributed by atoms with van der Waals surface area (Å²) in [7, 11) is 0. The lowest BCUT2D eigenvalue weighted by Gasteiger charge is -2.19. The molecule has 0 atom stereocenters. The third-order valence-electron chi connectivity index (χ3n) is 1.35. The molecule has 0 rings (SSSR count). The zero-order valence-electron chi connectivity index (χ0n) is 7.78. The fraction of sp³-hybridized carbons (Fsp3) is 0.889. The Labute approximate surface area is 69.8 Å². The van der Waals surface area contributed by atoms with Crippen molar-refractivity contribution < 1.29 is 0 Å². The van der Waals surface area contributed by atoms with E-state index in [1.54, 1.807) is 0 Å². The summed E-state index contributed by atoms with van der Waals surface area (Å²) in [4.78, 5) is 3.29. The van der Waals surface area contributed by atoms with Gasteiger partial charge in [0.2, 0.25) is 6.54 Å². The summed E-state index contributed by atoms with van der Waals surface area (Å²) >= 11 is 0. The monoisotopic (exact) mass is 154 g/mol. The lowest BCUT2D eigenvalue weighted by atomic mass is 10.1. The molecule has 0 aromatic carbocycles. The molecule has 0 aromatic rings. The highest BCUT2D eigenvalue weighted by molar-refractivity contribution is 4.70. The van der Waals surface area contributed by atoms with Crippen LogP contribution in [-0.2, 0) is 0 Å².